The van der Waals surface area contributed by atoms with Gasteiger partial charge in [-0.1, -0.05) is 37.6 Å². The second kappa shape index (κ2) is 9.50. The number of nitrogens with zero attached hydrogens (tertiary/aromatic N) is 3. The maximum absolute atomic E-state index is 8.46. The van der Waals surface area contributed by atoms with Crippen LogP contribution >= 0.6 is 0 Å². The molecule has 0 saturated carbocycles. The second-order valence-corrected chi connectivity index (χ2v) is 7.31. The number of unbranched alkanes of at least 4 members (excludes halogenated alkanes) is 1. The van der Waals surface area contributed by atoms with Gasteiger partial charge < -0.3 is 21.6 Å². The molecular weight excluding hydrogens is 352 g/mol. The van der Waals surface area contributed by atoms with Crippen molar-refractivity contribution in [3.63, 3.8) is 0 Å². The van der Waals surface area contributed by atoms with Crippen LogP contribution in [0.4, 0.5) is 11.5 Å². The van der Waals surface area contributed by atoms with Crippen LogP contribution in [0.5, 0.6) is 6.01 Å². The maximum atomic E-state index is 8.46. The number of hydrogen-bond acceptors (Lipinski definition) is 7. The Labute approximate surface area is 166 Å². The van der Waals surface area contributed by atoms with Crippen molar-refractivity contribution in [3.05, 3.63) is 41.1 Å². The molecule has 1 aromatic carbocycles. The SMILES string of the molecule is CCCCOc1nc(N)c(N)c(C(=N)Cc2ccc(CN3CCCC3)cc2)n1. The molecule has 0 radical (unpaired) electrons. The molecule has 28 heavy (non-hydrogen) atoms. The Hall–Kier alpha value is -2.67. The van der Waals surface area contributed by atoms with E-state index in [1.807, 2.05) is 0 Å². The Morgan fingerprint density at radius 2 is 1.79 bits per heavy atom. The van der Waals surface area contributed by atoms with E-state index in [4.69, 9.17) is 21.6 Å². The van der Waals surface area contributed by atoms with Gasteiger partial charge in [-0.15, -0.1) is 0 Å². The van der Waals surface area contributed by atoms with E-state index in [2.05, 4.69) is 46.1 Å². The molecule has 150 valence electrons. The van der Waals surface area contributed by atoms with Crippen LogP contribution in [-0.2, 0) is 13.0 Å². The number of likely N-dealkylation sites (tertiary alicyclic amines) is 1. The van der Waals surface area contributed by atoms with Gasteiger partial charge in [0, 0.05) is 13.0 Å². The van der Waals surface area contributed by atoms with Gasteiger partial charge in [0.25, 0.3) is 0 Å². The topological polar surface area (TPSA) is 114 Å². The minimum Gasteiger partial charge on any atom is -0.463 e. The van der Waals surface area contributed by atoms with Crippen LogP contribution in [0.3, 0.4) is 0 Å². The number of anilines is 2. The van der Waals surface area contributed by atoms with Crippen molar-refractivity contribution in [1.82, 2.24) is 14.9 Å². The molecule has 0 aliphatic carbocycles. The lowest BCUT2D eigenvalue weighted by molar-refractivity contribution is 0.285. The molecule has 7 nitrogen and oxygen atoms in total. The third-order valence-corrected chi connectivity index (χ3v) is 4.98. The molecule has 0 atom stereocenters. The van der Waals surface area contributed by atoms with Gasteiger partial charge in [0.15, 0.2) is 5.82 Å². The average Bonchev–Trinajstić information content (AvgIpc) is 3.19. The first-order valence-corrected chi connectivity index (χ1v) is 10.0. The van der Waals surface area contributed by atoms with E-state index in [1.54, 1.807) is 0 Å². The molecule has 7 heteroatoms. The van der Waals surface area contributed by atoms with E-state index in [-0.39, 0.29) is 17.5 Å². The largest absolute Gasteiger partial charge is 0.463 e. The van der Waals surface area contributed by atoms with Crippen molar-refractivity contribution < 1.29 is 4.74 Å². The van der Waals surface area contributed by atoms with E-state index in [9.17, 15) is 0 Å². The summed E-state index contributed by atoms with van der Waals surface area (Å²) in [4.78, 5) is 10.9. The van der Waals surface area contributed by atoms with E-state index in [0.717, 1.165) is 24.9 Å². The third kappa shape index (κ3) is 5.19. The number of ether oxygens (including phenoxy) is 1. The highest BCUT2D eigenvalue weighted by molar-refractivity contribution is 6.03. The summed E-state index contributed by atoms with van der Waals surface area (Å²) in [5, 5.41) is 8.46. The number of hydrogen-bond donors (Lipinski definition) is 3. The van der Waals surface area contributed by atoms with Gasteiger partial charge in [-0.25, -0.2) is 0 Å². The molecule has 1 aliphatic heterocycles. The van der Waals surface area contributed by atoms with E-state index < -0.39 is 0 Å². The van der Waals surface area contributed by atoms with Crippen molar-refractivity contribution in [2.75, 3.05) is 31.2 Å². The lowest BCUT2D eigenvalue weighted by atomic mass is 10.0. The normalized spacial score (nSPS) is 14.3. The lowest BCUT2D eigenvalue weighted by Crippen LogP contribution is -2.18. The van der Waals surface area contributed by atoms with Gasteiger partial charge in [-0.2, -0.15) is 9.97 Å². The van der Waals surface area contributed by atoms with Crippen LogP contribution in [0.1, 0.15) is 49.4 Å². The summed E-state index contributed by atoms with van der Waals surface area (Å²) < 4.78 is 5.54. The van der Waals surface area contributed by atoms with Gasteiger partial charge in [-0.3, -0.25) is 4.90 Å². The smallest absolute Gasteiger partial charge is 0.319 e. The third-order valence-electron chi connectivity index (χ3n) is 4.98. The molecule has 0 amide bonds. The van der Waals surface area contributed by atoms with Gasteiger partial charge >= 0.3 is 6.01 Å². The van der Waals surface area contributed by atoms with E-state index in [1.165, 1.54) is 31.5 Å². The van der Waals surface area contributed by atoms with Crippen LogP contribution in [0.2, 0.25) is 0 Å². The Balaban J connectivity index is 1.66. The fourth-order valence-electron chi connectivity index (χ4n) is 3.32. The monoisotopic (exact) mass is 382 g/mol. The molecular formula is C21H30N6O. The number of nitrogens with one attached hydrogen (secondary N) is 1. The highest BCUT2D eigenvalue weighted by atomic mass is 16.5. The molecule has 0 unspecified atom stereocenters. The molecule has 5 N–H and O–H groups in total. The van der Waals surface area contributed by atoms with Crippen molar-refractivity contribution >= 4 is 17.2 Å². The van der Waals surface area contributed by atoms with Gasteiger partial charge in [-0.05, 0) is 43.5 Å². The molecule has 1 fully saturated rings. The summed E-state index contributed by atoms with van der Waals surface area (Å²) in [6, 6.07) is 8.59. The first kappa shape index (κ1) is 20.1. The Kier molecular flexibility index (Phi) is 6.81. The number of nitrogen functional groups attached to an aromatic ring is 2. The van der Waals surface area contributed by atoms with Crippen LogP contribution in [0.15, 0.2) is 24.3 Å². The summed E-state index contributed by atoms with van der Waals surface area (Å²) in [5.41, 5.74) is 15.2. The van der Waals surface area contributed by atoms with Crippen LogP contribution < -0.4 is 16.2 Å². The Bertz CT molecular complexity index is 799. The molecule has 0 bridgehead atoms. The molecule has 3 rings (SSSR count). The second-order valence-electron chi connectivity index (χ2n) is 7.31. The standard InChI is InChI=1S/C21H30N6O/c1-2-3-12-28-21-25-19(18(23)20(24)26-21)17(22)13-15-6-8-16(9-7-15)14-27-10-4-5-11-27/h6-9,22H,2-5,10-14,23H2,1H3,(H2,24,25,26). The predicted molar refractivity (Wildman–Crippen MR) is 113 cm³/mol. The highest BCUT2D eigenvalue weighted by Crippen LogP contribution is 2.22. The molecule has 1 aliphatic rings. The summed E-state index contributed by atoms with van der Waals surface area (Å²) in [6.45, 7) is 5.96. The number of benzene rings is 1. The summed E-state index contributed by atoms with van der Waals surface area (Å²) in [5.74, 6) is 0.155. The number of rotatable bonds is 9. The fourth-order valence-corrected chi connectivity index (χ4v) is 3.32. The van der Waals surface area contributed by atoms with Crippen molar-refractivity contribution in [2.24, 2.45) is 0 Å². The number of nitrogens with two attached hydrogens (primary N) is 2. The van der Waals surface area contributed by atoms with Crippen LogP contribution in [0, 0.1) is 5.41 Å². The summed E-state index contributed by atoms with van der Waals surface area (Å²) in [7, 11) is 0. The minimum atomic E-state index is 0.155. The zero-order chi connectivity index (χ0) is 19.9. The van der Waals surface area contributed by atoms with Crippen LogP contribution in [0.25, 0.3) is 0 Å². The predicted octanol–water partition coefficient (Wildman–Crippen LogP) is 3.03. The highest BCUT2D eigenvalue weighted by Gasteiger charge is 2.16. The summed E-state index contributed by atoms with van der Waals surface area (Å²) in [6.07, 6.45) is 4.94. The van der Waals surface area contributed by atoms with Crippen molar-refractivity contribution in [3.8, 4) is 6.01 Å². The van der Waals surface area contributed by atoms with E-state index >= 15 is 0 Å². The zero-order valence-electron chi connectivity index (χ0n) is 16.6. The average molecular weight is 383 g/mol. The van der Waals surface area contributed by atoms with Gasteiger partial charge in [0.1, 0.15) is 11.4 Å². The fraction of sp³-hybridized carbons (Fsp3) is 0.476. The van der Waals surface area contributed by atoms with Crippen LogP contribution in [-0.4, -0.2) is 40.3 Å². The van der Waals surface area contributed by atoms with Crippen molar-refractivity contribution in [1.29, 1.82) is 5.41 Å². The lowest BCUT2D eigenvalue weighted by Gasteiger charge is -2.15. The zero-order valence-corrected chi connectivity index (χ0v) is 16.6. The van der Waals surface area contributed by atoms with Crippen molar-refractivity contribution in [2.45, 2.75) is 45.6 Å². The van der Waals surface area contributed by atoms with E-state index in [0.29, 0.717) is 24.4 Å². The quantitative estimate of drug-likeness (QED) is 0.454. The Morgan fingerprint density at radius 1 is 1.11 bits per heavy atom. The molecule has 1 saturated heterocycles. The minimum absolute atomic E-state index is 0.155. The Morgan fingerprint density at radius 3 is 2.46 bits per heavy atom. The molecule has 1 aromatic heterocycles. The molecule has 2 heterocycles. The first-order chi connectivity index (χ1) is 13.6. The molecule has 0 spiro atoms. The first-order valence-electron chi connectivity index (χ1n) is 10.0. The van der Waals surface area contributed by atoms with Gasteiger partial charge in [0.2, 0.25) is 0 Å². The maximum Gasteiger partial charge on any atom is 0.319 e. The number of aromatic nitrogens is 2. The molecule has 2 aromatic rings. The van der Waals surface area contributed by atoms with Gasteiger partial charge in [0.05, 0.1) is 12.3 Å². The summed E-state index contributed by atoms with van der Waals surface area (Å²) >= 11 is 0.